The molecule has 0 radical (unpaired) electrons. The third-order valence-corrected chi connectivity index (χ3v) is 5.14. The van der Waals surface area contributed by atoms with Crippen LogP contribution in [0.2, 0.25) is 5.02 Å². The van der Waals surface area contributed by atoms with E-state index in [2.05, 4.69) is 4.98 Å². The number of pyridine rings is 1. The van der Waals surface area contributed by atoms with Crippen LogP contribution >= 0.6 is 11.6 Å². The number of rotatable bonds is 9. The minimum absolute atomic E-state index is 0.174. The summed E-state index contributed by atoms with van der Waals surface area (Å²) in [5, 5.41) is 10.5. The Kier molecular flexibility index (Phi) is 6.45. The Morgan fingerprint density at radius 1 is 1.10 bits per heavy atom. The zero-order chi connectivity index (χ0) is 20.1. The van der Waals surface area contributed by atoms with Crippen LogP contribution in [0.3, 0.4) is 0 Å². The number of nitrogens with zero attached hydrogens (tertiary/aromatic N) is 1. The molecule has 1 fully saturated rings. The van der Waals surface area contributed by atoms with E-state index in [0.717, 1.165) is 34.3 Å². The molecule has 5 heteroatoms. The Labute approximate surface area is 175 Å². The van der Waals surface area contributed by atoms with Crippen molar-refractivity contribution in [2.75, 3.05) is 19.8 Å². The number of hydrogen-bond donors (Lipinski definition) is 1. The van der Waals surface area contributed by atoms with Gasteiger partial charge >= 0.3 is 0 Å². The maximum absolute atomic E-state index is 8.77. The highest BCUT2D eigenvalue weighted by Gasteiger charge is 2.39. The highest BCUT2D eigenvalue weighted by molar-refractivity contribution is 6.31. The third kappa shape index (κ3) is 5.57. The summed E-state index contributed by atoms with van der Waals surface area (Å²) in [7, 11) is 0. The quantitative estimate of drug-likeness (QED) is 0.492. The first-order chi connectivity index (χ1) is 14.2. The summed E-state index contributed by atoms with van der Waals surface area (Å²) in [5.74, 6) is 1.31. The van der Waals surface area contributed by atoms with Gasteiger partial charge in [-0.2, -0.15) is 0 Å². The van der Waals surface area contributed by atoms with E-state index in [0.29, 0.717) is 30.6 Å². The molecule has 0 saturated heterocycles. The SMILES string of the molecule is OCCCOCC1CC1Oc1cccc(/C=C/c2ccc3ccc(Cl)cc3n2)c1. The zero-order valence-electron chi connectivity index (χ0n) is 16.1. The highest BCUT2D eigenvalue weighted by atomic mass is 35.5. The molecule has 150 valence electrons. The van der Waals surface area contributed by atoms with E-state index in [1.165, 1.54) is 0 Å². The Bertz CT molecular complexity index is 1000. The second-order valence-electron chi connectivity index (χ2n) is 7.28. The number of aromatic nitrogens is 1. The molecule has 1 N–H and O–H groups in total. The largest absolute Gasteiger partial charge is 0.490 e. The molecule has 1 aliphatic carbocycles. The van der Waals surface area contributed by atoms with Crippen molar-refractivity contribution in [1.82, 2.24) is 4.98 Å². The molecule has 1 aliphatic rings. The van der Waals surface area contributed by atoms with Crippen LogP contribution < -0.4 is 4.74 Å². The van der Waals surface area contributed by atoms with Gasteiger partial charge in [0.05, 0.1) is 17.8 Å². The first-order valence-corrected chi connectivity index (χ1v) is 10.3. The molecular weight excluding hydrogens is 386 g/mol. The monoisotopic (exact) mass is 409 g/mol. The van der Waals surface area contributed by atoms with Gasteiger partial charge in [0.15, 0.2) is 0 Å². The molecule has 1 heterocycles. The Hall–Kier alpha value is -2.40. The number of aliphatic hydroxyl groups is 1. The maximum Gasteiger partial charge on any atom is 0.120 e. The van der Waals surface area contributed by atoms with E-state index < -0.39 is 0 Å². The van der Waals surface area contributed by atoms with E-state index in [1.54, 1.807) is 0 Å². The molecule has 4 rings (SSSR count). The molecule has 2 atom stereocenters. The van der Waals surface area contributed by atoms with E-state index in [9.17, 15) is 0 Å². The average molecular weight is 410 g/mol. The van der Waals surface area contributed by atoms with Gasteiger partial charge in [0, 0.05) is 29.5 Å². The van der Waals surface area contributed by atoms with Gasteiger partial charge < -0.3 is 14.6 Å². The minimum atomic E-state index is 0.174. The van der Waals surface area contributed by atoms with Crippen LogP contribution in [-0.2, 0) is 4.74 Å². The topological polar surface area (TPSA) is 51.6 Å². The van der Waals surface area contributed by atoms with Crippen molar-refractivity contribution in [2.24, 2.45) is 5.92 Å². The molecule has 3 aromatic rings. The fourth-order valence-electron chi connectivity index (χ4n) is 3.19. The summed E-state index contributed by atoms with van der Waals surface area (Å²) in [4.78, 5) is 4.65. The normalized spacial score (nSPS) is 18.4. The second kappa shape index (κ2) is 9.40. The van der Waals surface area contributed by atoms with Crippen LogP contribution in [0.4, 0.5) is 0 Å². The lowest BCUT2D eigenvalue weighted by molar-refractivity contribution is 0.0986. The number of fused-ring (bicyclic) bond motifs is 1. The summed E-state index contributed by atoms with van der Waals surface area (Å²) in [6.45, 7) is 1.48. The summed E-state index contributed by atoms with van der Waals surface area (Å²) in [5.41, 5.74) is 2.83. The van der Waals surface area contributed by atoms with Crippen LogP contribution in [0, 0.1) is 5.92 Å². The van der Waals surface area contributed by atoms with Crippen LogP contribution in [0.25, 0.3) is 23.1 Å². The van der Waals surface area contributed by atoms with E-state index in [1.807, 2.05) is 66.7 Å². The Balaban J connectivity index is 1.35. The number of aliphatic hydroxyl groups excluding tert-OH is 1. The predicted octanol–water partition coefficient (Wildman–Crippen LogP) is 5.22. The van der Waals surface area contributed by atoms with E-state index >= 15 is 0 Å². The first-order valence-electron chi connectivity index (χ1n) is 9.91. The lowest BCUT2D eigenvalue weighted by Gasteiger charge is -2.07. The third-order valence-electron chi connectivity index (χ3n) is 4.90. The molecular formula is C24H24ClNO3. The standard InChI is InChI=1S/C24H24ClNO3/c25-20-8-6-18-7-10-21(26-23(18)15-20)9-5-17-3-1-4-22(13-17)29-24-14-19(24)16-28-12-2-11-27/h1,3-10,13,15,19,24,27H,2,11-12,14,16H2/b9-5+. The summed E-state index contributed by atoms with van der Waals surface area (Å²) in [6.07, 6.45) is 5.95. The molecule has 0 aliphatic heterocycles. The molecule has 2 aromatic carbocycles. The molecule has 0 bridgehead atoms. The summed E-state index contributed by atoms with van der Waals surface area (Å²) in [6, 6.07) is 17.8. The molecule has 1 saturated carbocycles. The lowest BCUT2D eigenvalue weighted by atomic mass is 10.1. The van der Waals surface area contributed by atoms with Gasteiger partial charge in [-0.1, -0.05) is 41.9 Å². The van der Waals surface area contributed by atoms with Gasteiger partial charge in [0.25, 0.3) is 0 Å². The summed E-state index contributed by atoms with van der Waals surface area (Å²) >= 11 is 6.07. The molecule has 29 heavy (non-hydrogen) atoms. The number of benzene rings is 2. The van der Waals surface area contributed by atoms with Crippen molar-refractivity contribution in [3.8, 4) is 5.75 Å². The molecule has 4 nitrogen and oxygen atoms in total. The minimum Gasteiger partial charge on any atom is -0.490 e. The van der Waals surface area contributed by atoms with Gasteiger partial charge in [0.2, 0.25) is 0 Å². The van der Waals surface area contributed by atoms with Gasteiger partial charge in [-0.25, -0.2) is 4.98 Å². The second-order valence-corrected chi connectivity index (χ2v) is 7.72. The lowest BCUT2D eigenvalue weighted by Crippen LogP contribution is -2.06. The van der Waals surface area contributed by atoms with E-state index in [-0.39, 0.29) is 12.7 Å². The smallest absolute Gasteiger partial charge is 0.120 e. The maximum atomic E-state index is 8.77. The van der Waals surface area contributed by atoms with Gasteiger partial charge in [-0.05, 0) is 54.8 Å². The van der Waals surface area contributed by atoms with Gasteiger partial charge in [-0.15, -0.1) is 0 Å². The Morgan fingerprint density at radius 3 is 2.90 bits per heavy atom. The van der Waals surface area contributed by atoms with Crippen LogP contribution in [0.15, 0.2) is 54.6 Å². The van der Waals surface area contributed by atoms with E-state index in [4.69, 9.17) is 26.2 Å². The number of ether oxygens (including phenoxy) is 2. The number of halogens is 1. The van der Waals surface area contributed by atoms with Crippen LogP contribution in [-0.4, -0.2) is 36.0 Å². The van der Waals surface area contributed by atoms with Crippen molar-refractivity contribution in [2.45, 2.75) is 18.9 Å². The first kappa shape index (κ1) is 19.9. The fraction of sp³-hybridized carbons (Fsp3) is 0.292. The average Bonchev–Trinajstić information content (AvgIpc) is 3.47. The summed E-state index contributed by atoms with van der Waals surface area (Å²) < 4.78 is 11.6. The molecule has 2 unspecified atom stereocenters. The van der Waals surface area contributed by atoms with Crippen molar-refractivity contribution < 1.29 is 14.6 Å². The molecule has 1 aromatic heterocycles. The molecule has 0 amide bonds. The molecule has 0 spiro atoms. The predicted molar refractivity (Wildman–Crippen MR) is 117 cm³/mol. The highest BCUT2D eigenvalue weighted by Crippen LogP contribution is 2.35. The van der Waals surface area contributed by atoms with Crippen molar-refractivity contribution in [3.63, 3.8) is 0 Å². The fourth-order valence-corrected chi connectivity index (χ4v) is 3.35. The van der Waals surface area contributed by atoms with Crippen LogP contribution in [0.1, 0.15) is 24.1 Å². The Morgan fingerprint density at radius 2 is 2.00 bits per heavy atom. The van der Waals surface area contributed by atoms with Crippen LogP contribution in [0.5, 0.6) is 5.75 Å². The zero-order valence-corrected chi connectivity index (χ0v) is 16.9. The van der Waals surface area contributed by atoms with Crippen molar-refractivity contribution in [3.05, 3.63) is 70.9 Å². The van der Waals surface area contributed by atoms with Gasteiger partial charge in [0.1, 0.15) is 11.9 Å². The number of hydrogen-bond acceptors (Lipinski definition) is 4. The van der Waals surface area contributed by atoms with Crippen molar-refractivity contribution >= 4 is 34.7 Å². The van der Waals surface area contributed by atoms with Gasteiger partial charge in [-0.3, -0.25) is 0 Å². The van der Waals surface area contributed by atoms with Crippen molar-refractivity contribution in [1.29, 1.82) is 0 Å².